The van der Waals surface area contributed by atoms with Crippen molar-refractivity contribution in [3.63, 3.8) is 0 Å². The lowest BCUT2D eigenvalue weighted by molar-refractivity contribution is 0.0932. The summed E-state index contributed by atoms with van der Waals surface area (Å²) in [5.41, 5.74) is 1.69. The van der Waals surface area contributed by atoms with Crippen molar-refractivity contribution in [2.45, 2.75) is 6.42 Å². The van der Waals surface area contributed by atoms with E-state index >= 15 is 0 Å². The Morgan fingerprint density at radius 2 is 1.85 bits per heavy atom. The molecule has 4 rings (SSSR count). The fourth-order valence-electron chi connectivity index (χ4n) is 3.14. The monoisotopic (exact) mass is 361 g/mol. The molecule has 136 valence electrons. The van der Waals surface area contributed by atoms with Crippen LogP contribution in [0.15, 0.2) is 71.5 Å². The second kappa shape index (κ2) is 7.45. The highest BCUT2D eigenvalue weighted by molar-refractivity contribution is 5.92. The van der Waals surface area contributed by atoms with Crippen molar-refractivity contribution in [2.75, 3.05) is 13.2 Å². The number of carbonyl (C=O) groups excluding carboxylic acids is 1. The Kier molecular flexibility index (Phi) is 4.70. The maximum Gasteiger partial charge on any atom is 0.271 e. The maximum atomic E-state index is 12.5. The van der Waals surface area contributed by atoms with Gasteiger partial charge in [0, 0.05) is 18.5 Å². The number of amides is 1. The average Bonchev–Trinajstić information content (AvgIpc) is 2.73. The smallest absolute Gasteiger partial charge is 0.271 e. The molecular formula is C21H19N3O3. The number of carbonyl (C=O) groups is 1. The van der Waals surface area contributed by atoms with E-state index in [-0.39, 0.29) is 23.1 Å². The molecule has 0 fully saturated rings. The van der Waals surface area contributed by atoms with E-state index in [1.54, 1.807) is 12.1 Å². The van der Waals surface area contributed by atoms with Crippen molar-refractivity contribution in [3.8, 4) is 11.4 Å². The third kappa shape index (κ3) is 3.74. The predicted octanol–water partition coefficient (Wildman–Crippen LogP) is 2.21. The first kappa shape index (κ1) is 17.0. The second-order valence-electron chi connectivity index (χ2n) is 6.50. The van der Waals surface area contributed by atoms with Gasteiger partial charge in [-0.1, -0.05) is 36.4 Å². The minimum Gasteiger partial charge on any atom is -0.493 e. The van der Waals surface area contributed by atoms with Crippen molar-refractivity contribution in [3.05, 3.63) is 88.3 Å². The van der Waals surface area contributed by atoms with Crippen molar-refractivity contribution < 1.29 is 9.53 Å². The van der Waals surface area contributed by atoms with E-state index in [0.29, 0.717) is 18.8 Å². The Labute approximate surface area is 156 Å². The van der Waals surface area contributed by atoms with Gasteiger partial charge < -0.3 is 10.1 Å². The summed E-state index contributed by atoms with van der Waals surface area (Å²) in [6.07, 6.45) is 0.855. The molecule has 1 N–H and O–H groups in total. The average molecular weight is 361 g/mol. The van der Waals surface area contributed by atoms with Crippen LogP contribution in [0.1, 0.15) is 16.1 Å². The van der Waals surface area contributed by atoms with E-state index in [4.69, 9.17) is 4.74 Å². The van der Waals surface area contributed by atoms with Gasteiger partial charge in [-0.25, -0.2) is 0 Å². The lowest BCUT2D eigenvalue weighted by Gasteiger charge is -2.25. The fraction of sp³-hybridized carbons (Fsp3) is 0.190. The van der Waals surface area contributed by atoms with Gasteiger partial charge in [0.1, 0.15) is 11.4 Å². The third-order valence-electron chi connectivity index (χ3n) is 4.54. The van der Waals surface area contributed by atoms with Gasteiger partial charge in [-0.05, 0) is 36.2 Å². The zero-order valence-electron chi connectivity index (χ0n) is 14.7. The highest BCUT2D eigenvalue weighted by Crippen LogP contribution is 2.26. The molecule has 3 aromatic rings. The summed E-state index contributed by atoms with van der Waals surface area (Å²) in [7, 11) is 0. The van der Waals surface area contributed by atoms with Crippen molar-refractivity contribution in [1.29, 1.82) is 0 Å². The van der Waals surface area contributed by atoms with Crippen LogP contribution in [0.3, 0.4) is 0 Å². The van der Waals surface area contributed by atoms with E-state index < -0.39 is 0 Å². The molecule has 1 unspecified atom stereocenters. The highest BCUT2D eigenvalue weighted by atomic mass is 16.5. The van der Waals surface area contributed by atoms with Gasteiger partial charge in [0.05, 0.1) is 12.3 Å². The number of benzene rings is 2. The molecule has 0 radical (unpaired) electrons. The molecule has 0 saturated heterocycles. The minimum absolute atomic E-state index is 0.198. The number of fused-ring (bicyclic) bond motifs is 1. The summed E-state index contributed by atoms with van der Waals surface area (Å²) in [5, 5.41) is 7.10. The van der Waals surface area contributed by atoms with E-state index in [2.05, 4.69) is 10.4 Å². The van der Waals surface area contributed by atoms with E-state index in [9.17, 15) is 9.59 Å². The van der Waals surface area contributed by atoms with Crippen LogP contribution in [-0.4, -0.2) is 28.8 Å². The molecule has 1 amide bonds. The number of aromatic nitrogens is 2. The summed E-state index contributed by atoms with van der Waals surface area (Å²) in [6.45, 7) is 1.05. The van der Waals surface area contributed by atoms with Gasteiger partial charge in [-0.15, -0.1) is 0 Å². The van der Waals surface area contributed by atoms with Crippen LogP contribution in [-0.2, 0) is 6.42 Å². The van der Waals surface area contributed by atoms with Gasteiger partial charge in [-0.3, -0.25) is 9.59 Å². The SMILES string of the molecule is O=C(NCC1COc2ccccc2C1)c1ccc(=O)n(-c2ccccc2)n1. The van der Waals surface area contributed by atoms with Gasteiger partial charge in [-0.2, -0.15) is 9.78 Å². The molecule has 2 aromatic carbocycles. The first-order chi connectivity index (χ1) is 13.2. The zero-order chi connectivity index (χ0) is 18.6. The number of hydrogen-bond acceptors (Lipinski definition) is 4. The molecule has 0 aliphatic carbocycles. The Bertz CT molecular complexity index is 1010. The Hall–Kier alpha value is -3.41. The van der Waals surface area contributed by atoms with Gasteiger partial charge in [0.25, 0.3) is 11.5 Å². The molecule has 1 atom stereocenters. The molecule has 0 spiro atoms. The number of ether oxygens (including phenoxy) is 1. The number of nitrogens with one attached hydrogen (secondary N) is 1. The summed E-state index contributed by atoms with van der Waals surface area (Å²) >= 11 is 0. The second-order valence-corrected chi connectivity index (χ2v) is 6.50. The number of hydrogen-bond donors (Lipinski definition) is 1. The van der Waals surface area contributed by atoms with Crippen LogP contribution in [0.2, 0.25) is 0 Å². The normalized spacial score (nSPS) is 15.5. The zero-order valence-corrected chi connectivity index (χ0v) is 14.7. The van der Waals surface area contributed by atoms with Crippen LogP contribution in [0.4, 0.5) is 0 Å². The number of nitrogens with zero attached hydrogens (tertiary/aromatic N) is 2. The molecule has 6 nitrogen and oxygen atoms in total. The Morgan fingerprint density at radius 1 is 1.07 bits per heavy atom. The third-order valence-corrected chi connectivity index (χ3v) is 4.54. The first-order valence-electron chi connectivity index (χ1n) is 8.85. The van der Waals surface area contributed by atoms with Crippen LogP contribution < -0.4 is 15.6 Å². The molecule has 6 heteroatoms. The van der Waals surface area contributed by atoms with Crippen molar-refractivity contribution in [1.82, 2.24) is 15.1 Å². The summed E-state index contributed by atoms with van der Waals surface area (Å²) in [4.78, 5) is 24.6. The van der Waals surface area contributed by atoms with Crippen molar-refractivity contribution >= 4 is 5.91 Å². The van der Waals surface area contributed by atoms with Crippen LogP contribution in [0.25, 0.3) is 5.69 Å². The van der Waals surface area contributed by atoms with E-state index in [0.717, 1.165) is 17.7 Å². The fourth-order valence-corrected chi connectivity index (χ4v) is 3.14. The van der Waals surface area contributed by atoms with Crippen LogP contribution in [0.5, 0.6) is 5.75 Å². The summed E-state index contributed by atoms with van der Waals surface area (Å²) < 4.78 is 6.99. The molecule has 27 heavy (non-hydrogen) atoms. The first-order valence-corrected chi connectivity index (χ1v) is 8.85. The molecule has 1 aliphatic rings. The minimum atomic E-state index is -0.307. The largest absolute Gasteiger partial charge is 0.493 e. The number of para-hydroxylation sites is 2. The molecular weight excluding hydrogens is 342 g/mol. The van der Waals surface area contributed by atoms with Crippen LogP contribution >= 0.6 is 0 Å². The van der Waals surface area contributed by atoms with Gasteiger partial charge in [0.15, 0.2) is 0 Å². The van der Waals surface area contributed by atoms with Crippen molar-refractivity contribution in [2.24, 2.45) is 5.92 Å². The Morgan fingerprint density at radius 3 is 2.70 bits per heavy atom. The summed E-state index contributed by atoms with van der Waals surface area (Å²) in [6, 6.07) is 19.8. The molecule has 0 saturated carbocycles. The highest BCUT2D eigenvalue weighted by Gasteiger charge is 2.20. The molecule has 1 aromatic heterocycles. The van der Waals surface area contributed by atoms with E-state index in [1.165, 1.54) is 16.8 Å². The molecule has 2 heterocycles. The number of rotatable bonds is 4. The quantitative estimate of drug-likeness (QED) is 0.773. The Balaban J connectivity index is 1.44. The van der Waals surface area contributed by atoms with Crippen LogP contribution in [0, 0.1) is 5.92 Å². The lowest BCUT2D eigenvalue weighted by atomic mass is 9.97. The maximum absolute atomic E-state index is 12.5. The predicted molar refractivity (Wildman–Crippen MR) is 101 cm³/mol. The van der Waals surface area contributed by atoms with Gasteiger partial charge in [0.2, 0.25) is 0 Å². The topological polar surface area (TPSA) is 73.2 Å². The summed E-state index contributed by atoms with van der Waals surface area (Å²) in [5.74, 6) is 0.805. The standard InChI is InChI=1S/C21H19N3O3/c25-20-11-10-18(23-24(20)17-7-2-1-3-8-17)21(26)22-13-15-12-16-6-4-5-9-19(16)27-14-15/h1-11,15H,12-14H2,(H,22,26). The lowest BCUT2D eigenvalue weighted by Crippen LogP contribution is -2.36. The van der Waals surface area contributed by atoms with Gasteiger partial charge >= 0.3 is 0 Å². The molecule has 0 bridgehead atoms. The molecule has 1 aliphatic heterocycles. The van der Waals surface area contributed by atoms with E-state index in [1.807, 2.05) is 42.5 Å².